The summed E-state index contributed by atoms with van der Waals surface area (Å²) in [4.78, 5) is 12.0. The normalized spacial score (nSPS) is 18.6. The quantitative estimate of drug-likeness (QED) is 0.877. The first-order valence-electron chi connectivity index (χ1n) is 5.95. The fourth-order valence-corrected chi connectivity index (χ4v) is 2.01. The van der Waals surface area contributed by atoms with Gasteiger partial charge in [-0.1, -0.05) is 6.07 Å². The molecule has 2 rings (SSSR count). The average molecular weight is 271 g/mol. The number of carbonyl (C=O) groups is 1. The lowest BCUT2D eigenvalue weighted by Crippen LogP contribution is -2.45. The summed E-state index contributed by atoms with van der Waals surface area (Å²) in [6.07, 6.45) is 2.16. The Balaban J connectivity index is 0.00000162. The van der Waals surface area contributed by atoms with E-state index >= 15 is 0 Å². The number of carbonyl (C=O) groups excluding carboxylic acids is 1. The lowest BCUT2D eigenvalue weighted by Gasteiger charge is -2.23. The minimum atomic E-state index is -0.0300. The standard InChI is InChI=1S/C13H18N2O2.ClH/c1-17-12-6-2-4-10(8-12)13(16)15-11-5-3-7-14-9-11;/h2,4,6,8,11,14H,3,5,7,9H2,1H3,(H,15,16);1H. The van der Waals surface area contributed by atoms with Crippen molar-refractivity contribution in [3.8, 4) is 5.75 Å². The van der Waals surface area contributed by atoms with Crippen LogP contribution in [0, 0.1) is 0 Å². The molecule has 0 spiro atoms. The predicted molar refractivity (Wildman–Crippen MR) is 73.6 cm³/mol. The molecule has 1 aromatic rings. The highest BCUT2D eigenvalue weighted by Crippen LogP contribution is 2.13. The molecule has 0 aliphatic carbocycles. The molecular formula is C13H19ClN2O2. The topological polar surface area (TPSA) is 50.4 Å². The van der Waals surface area contributed by atoms with Crippen LogP contribution in [0.4, 0.5) is 0 Å². The Morgan fingerprint density at radius 3 is 3.00 bits per heavy atom. The summed E-state index contributed by atoms with van der Waals surface area (Å²) < 4.78 is 5.10. The molecule has 18 heavy (non-hydrogen) atoms. The second-order valence-electron chi connectivity index (χ2n) is 4.25. The molecule has 0 saturated carbocycles. The third-order valence-electron chi connectivity index (χ3n) is 2.96. The van der Waals surface area contributed by atoms with Gasteiger partial charge in [0, 0.05) is 18.2 Å². The molecule has 1 fully saturated rings. The molecule has 1 unspecified atom stereocenters. The fraction of sp³-hybridized carbons (Fsp3) is 0.462. The molecule has 0 aromatic heterocycles. The van der Waals surface area contributed by atoms with Crippen LogP contribution in [-0.4, -0.2) is 32.1 Å². The van der Waals surface area contributed by atoms with Gasteiger partial charge in [-0.15, -0.1) is 12.4 Å². The smallest absolute Gasteiger partial charge is 0.251 e. The van der Waals surface area contributed by atoms with Gasteiger partial charge in [0.05, 0.1) is 7.11 Å². The van der Waals surface area contributed by atoms with Crippen LogP contribution in [0.25, 0.3) is 0 Å². The summed E-state index contributed by atoms with van der Waals surface area (Å²) in [6, 6.07) is 7.45. The van der Waals surface area contributed by atoms with Crippen LogP contribution < -0.4 is 15.4 Å². The van der Waals surface area contributed by atoms with Crippen LogP contribution in [0.5, 0.6) is 5.75 Å². The Morgan fingerprint density at radius 1 is 1.50 bits per heavy atom. The van der Waals surface area contributed by atoms with E-state index in [-0.39, 0.29) is 24.4 Å². The number of hydrogen-bond acceptors (Lipinski definition) is 3. The van der Waals surface area contributed by atoms with Gasteiger partial charge in [-0.2, -0.15) is 0 Å². The Kier molecular flexibility index (Phi) is 5.95. The van der Waals surface area contributed by atoms with Gasteiger partial charge >= 0.3 is 0 Å². The molecule has 0 bridgehead atoms. The maximum atomic E-state index is 12.0. The number of amides is 1. The third kappa shape index (κ3) is 3.89. The van der Waals surface area contributed by atoms with Gasteiger partial charge < -0.3 is 15.4 Å². The SMILES string of the molecule is COc1cccc(C(=O)NC2CCCNC2)c1.Cl. The number of hydrogen-bond donors (Lipinski definition) is 2. The lowest BCUT2D eigenvalue weighted by atomic mass is 10.1. The summed E-state index contributed by atoms with van der Waals surface area (Å²) in [5, 5.41) is 6.30. The van der Waals surface area contributed by atoms with Crippen molar-refractivity contribution in [1.29, 1.82) is 0 Å². The average Bonchev–Trinajstić information content (AvgIpc) is 2.40. The first-order chi connectivity index (χ1) is 8.29. The second kappa shape index (κ2) is 7.24. The zero-order valence-corrected chi connectivity index (χ0v) is 11.3. The Labute approximate surface area is 114 Å². The van der Waals surface area contributed by atoms with Crippen molar-refractivity contribution >= 4 is 18.3 Å². The summed E-state index contributed by atoms with van der Waals surface area (Å²) in [5.41, 5.74) is 0.648. The molecule has 1 aliphatic heterocycles. The highest BCUT2D eigenvalue weighted by atomic mass is 35.5. The largest absolute Gasteiger partial charge is 0.497 e. The van der Waals surface area contributed by atoms with E-state index in [1.807, 2.05) is 12.1 Å². The molecule has 1 atom stereocenters. The summed E-state index contributed by atoms with van der Waals surface area (Å²) in [6.45, 7) is 1.90. The first kappa shape index (κ1) is 14.8. The molecule has 1 aliphatic rings. The highest BCUT2D eigenvalue weighted by molar-refractivity contribution is 5.94. The molecule has 1 saturated heterocycles. The number of rotatable bonds is 3. The molecule has 1 heterocycles. The second-order valence-corrected chi connectivity index (χ2v) is 4.25. The van der Waals surface area contributed by atoms with Crippen LogP contribution in [0.2, 0.25) is 0 Å². The number of benzene rings is 1. The van der Waals surface area contributed by atoms with E-state index < -0.39 is 0 Å². The van der Waals surface area contributed by atoms with Gasteiger partial charge in [0.15, 0.2) is 0 Å². The van der Waals surface area contributed by atoms with Crippen LogP contribution in [0.3, 0.4) is 0 Å². The van der Waals surface area contributed by atoms with Gasteiger partial charge in [-0.05, 0) is 37.6 Å². The molecule has 1 aromatic carbocycles. The van der Waals surface area contributed by atoms with Gasteiger partial charge in [0.25, 0.3) is 5.91 Å². The van der Waals surface area contributed by atoms with Crippen molar-refractivity contribution in [2.75, 3.05) is 20.2 Å². The van der Waals surface area contributed by atoms with E-state index in [2.05, 4.69) is 10.6 Å². The van der Waals surface area contributed by atoms with Crippen molar-refractivity contribution in [2.45, 2.75) is 18.9 Å². The molecule has 0 radical (unpaired) electrons. The van der Waals surface area contributed by atoms with E-state index in [4.69, 9.17) is 4.74 Å². The minimum Gasteiger partial charge on any atom is -0.497 e. The number of nitrogens with one attached hydrogen (secondary N) is 2. The maximum Gasteiger partial charge on any atom is 0.251 e. The summed E-state index contributed by atoms with van der Waals surface area (Å²) in [5.74, 6) is 0.678. The van der Waals surface area contributed by atoms with E-state index in [1.54, 1.807) is 19.2 Å². The third-order valence-corrected chi connectivity index (χ3v) is 2.96. The molecule has 5 heteroatoms. The molecule has 100 valence electrons. The summed E-state index contributed by atoms with van der Waals surface area (Å²) >= 11 is 0. The number of halogens is 1. The highest BCUT2D eigenvalue weighted by Gasteiger charge is 2.16. The van der Waals surface area contributed by atoms with Gasteiger partial charge in [-0.3, -0.25) is 4.79 Å². The summed E-state index contributed by atoms with van der Waals surface area (Å²) in [7, 11) is 1.60. The predicted octanol–water partition coefficient (Wildman–Crippen LogP) is 1.60. The van der Waals surface area contributed by atoms with E-state index in [9.17, 15) is 4.79 Å². The Morgan fingerprint density at radius 2 is 2.33 bits per heavy atom. The first-order valence-corrected chi connectivity index (χ1v) is 5.95. The number of ether oxygens (including phenoxy) is 1. The lowest BCUT2D eigenvalue weighted by molar-refractivity contribution is 0.0930. The zero-order chi connectivity index (χ0) is 12.1. The molecular weight excluding hydrogens is 252 g/mol. The molecule has 2 N–H and O–H groups in total. The van der Waals surface area contributed by atoms with E-state index in [0.29, 0.717) is 11.3 Å². The van der Waals surface area contributed by atoms with E-state index in [1.165, 1.54) is 0 Å². The Bertz CT molecular complexity index is 392. The monoisotopic (exact) mass is 270 g/mol. The molecule has 1 amide bonds. The van der Waals surface area contributed by atoms with Crippen LogP contribution in [0.1, 0.15) is 23.2 Å². The van der Waals surface area contributed by atoms with Crippen LogP contribution >= 0.6 is 12.4 Å². The van der Waals surface area contributed by atoms with Gasteiger partial charge in [-0.25, -0.2) is 0 Å². The van der Waals surface area contributed by atoms with Crippen molar-refractivity contribution < 1.29 is 9.53 Å². The van der Waals surface area contributed by atoms with E-state index in [0.717, 1.165) is 25.9 Å². The minimum absolute atomic E-state index is 0. The van der Waals surface area contributed by atoms with Crippen LogP contribution in [0.15, 0.2) is 24.3 Å². The van der Waals surface area contributed by atoms with Gasteiger partial charge in [0.2, 0.25) is 0 Å². The van der Waals surface area contributed by atoms with Crippen molar-refractivity contribution in [1.82, 2.24) is 10.6 Å². The van der Waals surface area contributed by atoms with Gasteiger partial charge in [0.1, 0.15) is 5.75 Å². The van der Waals surface area contributed by atoms with Crippen molar-refractivity contribution in [3.63, 3.8) is 0 Å². The number of piperidine rings is 1. The zero-order valence-electron chi connectivity index (χ0n) is 10.4. The molecule has 4 nitrogen and oxygen atoms in total. The number of methoxy groups -OCH3 is 1. The Hall–Kier alpha value is -1.26. The fourth-order valence-electron chi connectivity index (χ4n) is 2.01. The maximum absolute atomic E-state index is 12.0. The van der Waals surface area contributed by atoms with Crippen LogP contribution in [-0.2, 0) is 0 Å². The van der Waals surface area contributed by atoms with Crippen molar-refractivity contribution in [2.24, 2.45) is 0 Å². The van der Waals surface area contributed by atoms with Crippen molar-refractivity contribution in [3.05, 3.63) is 29.8 Å².